The molecule has 0 N–H and O–H groups in total. The smallest absolute Gasteiger partial charge is 0.0157 e. The average Bonchev–Trinajstić information content (AvgIpc) is 2.79. The lowest BCUT2D eigenvalue weighted by atomic mass is 10.1. The molecule has 31 heavy (non-hydrogen) atoms. The van der Waals surface area contributed by atoms with Gasteiger partial charge in [0.25, 0.3) is 0 Å². The van der Waals surface area contributed by atoms with Gasteiger partial charge in [0.2, 0.25) is 0 Å². The van der Waals surface area contributed by atoms with E-state index in [-0.39, 0.29) is 0 Å². The molecule has 0 fully saturated rings. The molecule has 0 saturated carbocycles. The van der Waals surface area contributed by atoms with Crippen molar-refractivity contribution in [1.82, 2.24) is 0 Å². The van der Waals surface area contributed by atoms with Gasteiger partial charge in [-0.1, -0.05) is 67.2 Å². The fourth-order valence-corrected chi connectivity index (χ4v) is 7.16. The number of aryl methyl sites for hydroxylation is 4. The molecule has 0 aliphatic carbocycles. The van der Waals surface area contributed by atoms with Crippen LogP contribution in [-0.4, -0.2) is 10.5 Å². The number of thioether (sulfide) groups is 2. The topological polar surface area (TPSA) is 0 Å². The van der Waals surface area contributed by atoms with Gasteiger partial charge < -0.3 is 0 Å². The molecule has 0 aromatic heterocycles. The Balaban J connectivity index is 2.46. The third-order valence-corrected chi connectivity index (χ3v) is 9.98. The maximum absolute atomic E-state index is 2.49. The highest BCUT2D eigenvalue weighted by atomic mass is 32.2. The van der Waals surface area contributed by atoms with Crippen molar-refractivity contribution in [2.75, 3.05) is 0 Å². The normalized spacial score (nSPS) is 13.4. The van der Waals surface area contributed by atoms with Gasteiger partial charge in [-0.25, -0.2) is 0 Å². The van der Waals surface area contributed by atoms with E-state index in [0.29, 0.717) is 10.5 Å². The van der Waals surface area contributed by atoms with Crippen LogP contribution in [0.3, 0.4) is 0 Å². The van der Waals surface area contributed by atoms with E-state index in [9.17, 15) is 0 Å². The van der Waals surface area contributed by atoms with E-state index in [1.807, 2.05) is 11.8 Å². The zero-order chi connectivity index (χ0) is 23.0. The van der Waals surface area contributed by atoms with Crippen LogP contribution in [0.4, 0.5) is 0 Å². The molecule has 2 unspecified atom stereocenters. The molecule has 2 aromatic carbocycles. The Morgan fingerprint density at radius 2 is 0.806 bits per heavy atom. The van der Waals surface area contributed by atoms with E-state index in [1.54, 1.807) is 0 Å². The summed E-state index contributed by atoms with van der Waals surface area (Å²) in [4.78, 5) is 5.88. The van der Waals surface area contributed by atoms with Crippen LogP contribution in [0.2, 0.25) is 0 Å². The minimum Gasteiger partial charge on any atom is -0.123 e. The molecular weight excluding hydrogens is 433 g/mol. The van der Waals surface area contributed by atoms with Gasteiger partial charge in [0, 0.05) is 30.1 Å². The van der Waals surface area contributed by atoms with Gasteiger partial charge in [-0.2, -0.15) is 0 Å². The fourth-order valence-electron chi connectivity index (χ4n) is 3.52. The third-order valence-electron chi connectivity index (χ3n) is 6.04. The molecule has 172 valence electrons. The summed E-state index contributed by atoms with van der Waals surface area (Å²) in [5.41, 5.74) is 5.99. The molecule has 0 radical (unpaired) electrons. The van der Waals surface area contributed by atoms with Gasteiger partial charge in [-0.05, 0) is 85.0 Å². The minimum atomic E-state index is 0.669. The summed E-state index contributed by atoms with van der Waals surface area (Å²) in [7, 11) is 0. The number of hydrogen-bond donors (Lipinski definition) is 0. The fraction of sp³-hybridized carbons (Fsp3) is 0.571. The second-order valence-corrected chi connectivity index (χ2v) is 12.4. The molecule has 2 atom stereocenters. The van der Waals surface area contributed by atoms with Gasteiger partial charge in [-0.3, -0.25) is 0 Å². The first-order chi connectivity index (χ1) is 14.9. The van der Waals surface area contributed by atoms with Crippen LogP contribution >= 0.6 is 35.3 Å². The standard InChI is InChI=1S/C28H42S3/c1-9-19(7)29-25-15-23(13-5)27(17-21(25)11-3)31-28-18-22(12-4)26(16-24(28)14-6)30-20(8)10-2/h15-20H,9-14H2,1-8H3. The Morgan fingerprint density at radius 1 is 0.516 bits per heavy atom. The summed E-state index contributed by atoms with van der Waals surface area (Å²) in [6.07, 6.45) is 6.80. The first-order valence-corrected chi connectivity index (χ1v) is 14.8. The lowest BCUT2D eigenvalue weighted by Crippen LogP contribution is -2.00. The zero-order valence-electron chi connectivity index (χ0n) is 20.9. The van der Waals surface area contributed by atoms with Crippen LogP contribution in [0, 0.1) is 0 Å². The molecule has 0 spiro atoms. The van der Waals surface area contributed by atoms with Crippen molar-refractivity contribution in [2.45, 2.75) is 124 Å². The zero-order valence-corrected chi connectivity index (χ0v) is 23.4. The van der Waals surface area contributed by atoms with Crippen LogP contribution in [0.1, 0.15) is 90.5 Å². The second-order valence-electron chi connectivity index (χ2n) is 8.33. The van der Waals surface area contributed by atoms with Crippen molar-refractivity contribution in [3.8, 4) is 0 Å². The third kappa shape index (κ3) is 7.24. The molecule has 0 saturated heterocycles. The Labute approximate surface area is 205 Å². The molecule has 2 aromatic rings. The highest BCUT2D eigenvalue weighted by Crippen LogP contribution is 2.41. The maximum atomic E-state index is 2.49. The van der Waals surface area contributed by atoms with Crippen LogP contribution in [0.25, 0.3) is 0 Å². The predicted octanol–water partition coefficient (Wildman–Crippen LogP) is 9.87. The molecule has 3 heteroatoms. The van der Waals surface area contributed by atoms with Crippen LogP contribution in [0.15, 0.2) is 43.8 Å². The largest absolute Gasteiger partial charge is 0.123 e. The number of benzene rings is 2. The molecule has 0 heterocycles. The summed E-state index contributed by atoms with van der Waals surface area (Å²) < 4.78 is 0. The molecule has 0 nitrogen and oxygen atoms in total. The van der Waals surface area contributed by atoms with E-state index in [2.05, 4.69) is 103 Å². The lowest BCUT2D eigenvalue weighted by molar-refractivity contribution is 0.900. The monoisotopic (exact) mass is 474 g/mol. The quantitative estimate of drug-likeness (QED) is 0.281. The highest BCUT2D eigenvalue weighted by molar-refractivity contribution is 8.00. The summed E-state index contributed by atoms with van der Waals surface area (Å²) in [5.74, 6) is 0. The van der Waals surface area contributed by atoms with E-state index in [4.69, 9.17) is 0 Å². The molecule has 0 aliphatic rings. The molecule has 0 bridgehead atoms. The second kappa shape index (κ2) is 13.3. The first-order valence-electron chi connectivity index (χ1n) is 12.2. The van der Waals surface area contributed by atoms with Crippen molar-refractivity contribution in [1.29, 1.82) is 0 Å². The SMILES string of the molecule is CCc1cc(SC(C)CC)c(CC)cc1Sc1cc(CC)c(SC(C)CC)cc1CC. The Bertz CT molecular complexity index is 771. The Hall–Kier alpha value is -0.510. The van der Waals surface area contributed by atoms with Crippen molar-refractivity contribution in [2.24, 2.45) is 0 Å². The van der Waals surface area contributed by atoms with E-state index >= 15 is 0 Å². The molecule has 0 aliphatic heterocycles. The summed E-state index contributed by atoms with van der Waals surface area (Å²) in [6.45, 7) is 18.4. The highest BCUT2D eigenvalue weighted by Gasteiger charge is 2.16. The number of hydrogen-bond acceptors (Lipinski definition) is 3. The summed E-state index contributed by atoms with van der Waals surface area (Å²) in [6, 6.07) is 9.94. The molecule has 2 rings (SSSR count). The van der Waals surface area contributed by atoms with Crippen molar-refractivity contribution < 1.29 is 0 Å². The maximum Gasteiger partial charge on any atom is 0.0157 e. The summed E-state index contributed by atoms with van der Waals surface area (Å²) in [5, 5.41) is 1.34. The lowest BCUT2D eigenvalue weighted by Gasteiger charge is -2.19. The van der Waals surface area contributed by atoms with Gasteiger partial charge in [0.15, 0.2) is 0 Å². The first kappa shape index (κ1) is 26.7. The molecule has 0 amide bonds. The van der Waals surface area contributed by atoms with Gasteiger partial charge >= 0.3 is 0 Å². The van der Waals surface area contributed by atoms with Crippen LogP contribution < -0.4 is 0 Å². The minimum absolute atomic E-state index is 0.669. The number of rotatable bonds is 12. The summed E-state index contributed by atoms with van der Waals surface area (Å²) >= 11 is 6.10. The Kier molecular flexibility index (Phi) is 11.4. The Morgan fingerprint density at radius 3 is 1.10 bits per heavy atom. The van der Waals surface area contributed by atoms with E-state index in [0.717, 1.165) is 25.7 Å². The predicted molar refractivity (Wildman–Crippen MR) is 146 cm³/mol. The van der Waals surface area contributed by atoms with Crippen molar-refractivity contribution in [3.05, 3.63) is 46.5 Å². The van der Waals surface area contributed by atoms with Gasteiger partial charge in [0.1, 0.15) is 0 Å². The van der Waals surface area contributed by atoms with Crippen molar-refractivity contribution in [3.63, 3.8) is 0 Å². The molecular formula is C28H42S3. The van der Waals surface area contributed by atoms with Crippen molar-refractivity contribution >= 4 is 35.3 Å². The van der Waals surface area contributed by atoms with Crippen LogP contribution in [-0.2, 0) is 25.7 Å². The average molecular weight is 475 g/mol. The van der Waals surface area contributed by atoms with Gasteiger partial charge in [-0.15, -0.1) is 23.5 Å². The van der Waals surface area contributed by atoms with Crippen LogP contribution in [0.5, 0.6) is 0 Å². The van der Waals surface area contributed by atoms with E-state index in [1.165, 1.54) is 54.7 Å². The van der Waals surface area contributed by atoms with Gasteiger partial charge in [0.05, 0.1) is 0 Å². The van der Waals surface area contributed by atoms with E-state index < -0.39 is 0 Å².